The first-order valence-electron chi connectivity index (χ1n) is 5.09. The van der Waals surface area contributed by atoms with Gasteiger partial charge in [-0.1, -0.05) is 13.8 Å². The van der Waals surface area contributed by atoms with Crippen LogP contribution in [0.15, 0.2) is 0 Å². The highest BCUT2D eigenvalue weighted by Gasteiger charge is 2.23. The molecule has 0 saturated heterocycles. The van der Waals surface area contributed by atoms with Crippen molar-refractivity contribution in [2.75, 3.05) is 6.54 Å². The maximum Gasteiger partial charge on any atom is 0.308 e. The second-order valence-electron chi connectivity index (χ2n) is 3.95. The molecule has 0 aliphatic carbocycles. The van der Waals surface area contributed by atoms with Crippen molar-refractivity contribution in [3.05, 3.63) is 0 Å². The predicted octanol–water partition coefficient (Wildman–Crippen LogP) is -0.190. The van der Waals surface area contributed by atoms with Gasteiger partial charge in [0.15, 0.2) is 0 Å². The van der Waals surface area contributed by atoms with E-state index in [2.05, 4.69) is 11.2 Å². The van der Waals surface area contributed by atoms with Crippen LogP contribution in [0.1, 0.15) is 20.3 Å². The number of aliphatic carboxylic acids is 1. The summed E-state index contributed by atoms with van der Waals surface area (Å²) >= 11 is 0. The maximum absolute atomic E-state index is 11.4. The number of carboxylic acid groups (broad SMARTS) is 1. The lowest BCUT2D eigenvalue weighted by Gasteiger charge is -2.17. The van der Waals surface area contributed by atoms with Crippen LogP contribution in [0.2, 0.25) is 0 Å². The molecule has 0 saturated carbocycles. The van der Waals surface area contributed by atoms with E-state index in [-0.39, 0.29) is 18.9 Å². The number of nitrogens with two attached hydrogens (primary N) is 1. The third kappa shape index (κ3) is 4.80. The van der Waals surface area contributed by atoms with Crippen LogP contribution in [0.25, 0.3) is 0 Å². The summed E-state index contributed by atoms with van der Waals surface area (Å²) in [6.45, 7) is 3.64. The third-order valence-electron chi connectivity index (χ3n) is 2.29. The molecule has 2 atom stereocenters. The Balaban J connectivity index is 4.17. The predicted molar refractivity (Wildman–Crippen MR) is 60.4 cm³/mol. The molecule has 2 unspecified atom stereocenters. The summed E-state index contributed by atoms with van der Waals surface area (Å²) in [6, 6.07) is -0.772. The average molecular weight is 226 g/mol. The second kappa shape index (κ2) is 6.85. The summed E-state index contributed by atoms with van der Waals surface area (Å²) < 4.78 is 0. The first kappa shape index (κ1) is 14.5. The Bertz CT molecular complexity index is 294. The lowest BCUT2D eigenvalue weighted by molar-refractivity contribution is -0.143. The molecular weight excluding hydrogens is 208 g/mol. The molecule has 16 heavy (non-hydrogen) atoms. The van der Waals surface area contributed by atoms with Crippen LogP contribution >= 0.6 is 0 Å². The van der Waals surface area contributed by atoms with Crippen molar-refractivity contribution in [1.82, 2.24) is 5.32 Å². The fraction of sp³-hybridized carbons (Fsp3) is 0.636. The molecular formula is C11H18N2O3. The summed E-state index contributed by atoms with van der Waals surface area (Å²) in [5.74, 6) is 0.274. The lowest BCUT2D eigenvalue weighted by atomic mass is 9.96. The van der Waals surface area contributed by atoms with Gasteiger partial charge in [-0.15, -0.1) is 12.3 Å². The topological polar surface area (TPSA) is 92.4 Å². The Morgan fingerprint density at radius 1 is 1.50 bits per heavy atom. The summed E-state index contributed by atoms with van der Waals surface area (Å²) in [7, 11) is 0. The molecule has 4 N–H and O–H groups in total. The molecule has 0 fully saturated rings. The molecule has 5 nitrogen and oxygen atoms in total. The zero-order chi connectivity index (χ0) is 12.7. The quantitative estimate of drug-likeness (QED) is 0.547. The van der Waals surface area contributed by atoms with Gasteiger partial charge in [-0.2, -0.15) is 0 Å². The number of carbonyl (C=O) groups is 2. The van der Waals surface area contributed by atoms with Crippen LogP contribution in [0, 0.1) is 24.2 Å². The highest BCUT2D eigenvalue weighted by atomic mass is 16.4. The normalized spacial score (nSPS) is 13.9. The highest BCUT2D eigenvalue weighted by molar-refractivity contribution is 5.82. The van der Waals surface area contributed by atoms with Crippen LogP contribution in [0.3, 0.4) is 0 Å². The highest BCUT2D eigenvalue weighted by Crippen LogP contribution is 2.09. The Hall–Kier alpha value is -1.54. The minimum atomic E-state index is -0.930. The maximum atomic E-state index is 11.4. The zero-order valence-electron chi connectivity index (χ0n) is 9.56. The van der Waals surface area contributed by atoms with Gasteiger partial charge in [0, 0.05) is 13.0 Å². The largest absolute Gasteiger partial charge is 0.481 e. The minimum absolute atomic E-state index is 0.0540. The number of rotatable bonds is 6. The Labute approximate surface area is 95.4 Å². The van der Waals surface area contributed by atoms with Gasteiger partial charge in [-0.05, 0) is 5.92 Å². The summed E-state index contributed by atoms with van der Waals surface area (Å²) in [5, 5.41) is 11.4. The summed E-state index contributed by atoms with van der Waals surface area (Å²) in [5.41, 5.74) is 5.46. The van der Waals surface area contributed by atoms with Crippen molar-refractivity contribution >= 4 is 11.9 Å². The van der Waals surface area contributed by atoms with Crippen molar-refractivity contribution < 1.29 is 14.7 Å². The van der Waals surface area contributed by atoms with Crippen molar-refractivity contribution in [2.24, 2.45) is 17.6 Å². The molecule has 0 aliphatic rings. The molecule has 0 bridgehead atoms. The fourth-order valence-corrected chi connectivity index (χ4v) is 1.17. The number of carboxylic acids is 1. The van der Waals surface area contributed by atoms with E-state index < -0.39 is 23.8 Å². The standard InChI is InChI=1S/C11H18N2O3/c1-4-5-9(12)10(14)13-6-8(7(2)3)11(15)16/h1,7-9H,5-6,12H2,2-3H3,(H,13,14)(H,15,16). The van der Waals surface area contributed by atoms with Crippen LogP contribution < -0.4 is 11.1 Å². The molecule has 0 aromatic rings. The number of nitrogens with one attached hydrogen (secondary N) is 1. The van der Waals surface area contributed by atoms with Gasteiger partial charge in [0.05, 0.1) is 12.0 Å². The Kier molecular flexibility index (Phi) is 6.19. The van der Waals surface area contributed by atoms with E-state index in [1.165, 1.54) is 0 Å². The number of terminal acetylenes is 1. The molecule has 0 heterocycles. The second-order valence-corrected chi connectivity index (χ2v) is 3.95. The van der Waals surface area contributed by atoms with Gasteiger partial charge in [-0.3, -0.25) is 9.59 Å². The van der Waals surface area contributed by atoms with E-state index in [1.807, 2.05) is 0 Å². The van der Waals surface area contributed by atoms with Crippen LogP contribution in [0.5, 0.6) is 0 Å². The van der Waals surface area contributed by atoms with E-state index in [9.17, 15) is 9.59 Å². The Morgan fingerprint density at radius 3 is 2.44 bits per heavy atom. The van der Waals surface area contributed by atoms with Gasteiger partial charge < -0.3 is 16.2 Å². The van der Waals surface area contributed by atoms with Crippen molar-refractivity contribution in [2.45, 2.75) is 26.3 Å². The van der Waals surface area contributed by atoms with Crippen LogP contribution in [-0.2, 0) is 9.59 Å². The van der Waals surface area contributed by atoms with Crippen molar-refractivity contribution in [3.8, 4) is 12.3 Å². The van der Waals surface area contributed by atoms with E-state index in [4.69, 9.17) is 17.3 Å². The zero-order valence-corrected chi connectivity index (χ0v) is 9.56. The SMILES string of the molecule is C#CCC(N)C(=O)NCC(C(=O)O)C(C)C. The van der Waals surface area contributed by atoms with E-state index in [0.717, 1.165) is 0 Å². The molecule has 0 rings (SSSR count). The van der Waals surface area contributed by atoms with Gasteiger partial charge in [0.2, 0.25) is 5.91 Å². The molecule has 0 aliphatic heterocycles. The third-order valence-corrected chi connectivity index (χ3v) is 2.29. The fourth-order valence-electron chi connectivity index (χ4n) is 1.17. The summed E-state index contributed by atoms with van der Waals surface area (Å²) in [4.78, 5) is 22.2. The molecule has 5 heteroatoms. The summed E-state index contributed by atoms with van der Waals surface area (Å²) in [6.07, 6.45) is 5.16. The van der Waals surface area contributed by atoms with Gasteiger partial charge in [-0.25, -0.2) is 0 Å². The molecule has 0 aromatic carbocycles. The van der Waals surface area contributed by atoms with E-state index in [0.29, 0.717) is 0 Å². The van der Waals surface area contributed by atoms with Crippen LogP contribution in [0.4, 0.5) is 0 Å². The minimum Gasteiger partial charge on any atom is -0.481 e. The first-order chi connectivity index (χ1) is 7.40. The van der Waals surface area contributed by atoms with E-state index >= 15 is 0 Å². The van der Waals surface area contributed by atoms with Gasteiger partial charge in [0.1, 0.15) is 0 Å². The molecule has 0 radical (unpaired) electrons. The Morgan fingerprint density at radius 2 is 2.06 bits per heavy atom. The number of carbonyl (C=O) groups excluding carboxylic acids is 1. The molecule has 0 spiro atoms. The van der Waals surface area contributed by atoms with Crippen LogP contribution in [-0.4, -0.2) is 29.6 Å². The van der Waals surface area contributed by atoms with Gasteiger partial charge in [0.25, 0.3) is 0 Å². The first-order valence-corrected chi connectivity index (χ1v) is 5.09. The number of hydrogen-bond donors (Lipinski definition) is 3. The smallest absolute Gasteiger partial charge is 0.308 e. The average Bonchev–Trinajstić information content (AvgIpc) is 2.16. The van der Waals surface area contributed by atoms with Crippen molar-refractivity contribution in [1.29, 1.82) is 0 Å². The van der Waals surface area contributed by atoms with Gasteiger partial charge >= 0.3 is 5.97 Å². The molecule has 1 amide bonds. The van der Waals surface area contributed by atoms with E-state index in [1.54, 1.807) is 13.8 Å². The molecule has 0 aromatic heterocycles. The molecule has 90 valence electrons. The monoisotopic (exact) mass is 226 g/mol. The van der Waals surface area contributed by atoms with Crippen molar-refractivity contribution in [3.63, 3.8) is 0 Å². The lowest BCUT2D eigenvalue weighted by Crippen LogP contribution is -2.44. The number of hydrogen-bond acceptors (Lipinski definition) is 3. The number of amides is 1.